The zero-order valence-electron chi connectivity index (χ0n) is 12.2. The van der Waals surface area contributed by atoms with Crippen molar-refractivity contribution in [3.05, 3.63) is 18.0 Å². The number of aromatic nitrogens is 2. The van der Waals surface area contributed by atoms with E-state index in [1.54, 1.807) is 20.2 Å². The first-order valence-electron chi connectivity index (χ1n) is 7.11. The van der Waals surface area contributed by atoms with Gasteiger partial charge in [-0.1, -0.05) is 0 Å². The molecule has 2 rings (SSSR count). The van der Waals surface area contributed by atoms with E-state index >= 15 is 0 Å². The van der Waals surface area contributed by atoms with Gasteiger partial charge in [-0.15, -0.1) is 0 Å². The maximum absolute atomic E-state index is 12.3. The van der Waals surface area contributed by atoms with E-state index < -0.39 is 6.10 Å². The lowest BCUT2D eigenvalue weighted by Crippen LogP contribution is -2.44. The van der Waals surface area contributed by atoms with Crippen LogP contribution < -0.4 is 0 Å². The Balaban J connectivity index is 1.86. The maximum Gasteiger partial charge on any atom is 0.251 e. The van der Waals surface area contributed by atoms with Crippen LogP contribution >= 0.6 is 0 Å². The van der Waals surface area contributed by atoms with Gasteiger partial charge in [0.15, 0.2) is 0 Å². The minimum atomic E-state index is -0.411. The highest BCUT2D eigenvalue weighted by Gasteiger charge is 2.28. The van der Waals surface area contributed by atoms with E-state index in [1.807, 2.05) is 11.0 Å². The lowest BCUT2D eigenvalue weighted by Gasteiger charge is -2.33. The van der Waals surface area contributed by atoms with Crippen LogP contribution in [0, 0.1) is 0 Å². The molecular weight excluding hydrogens is 258 g/mol. The number of rotatable bonds is 6. The van der Waals surface area contributed by atoms with Gasteiger partial charge in [-0.3, -0.25) is 9.89 Å². The topological polar surface area (TPSA) is 67.5 Å². The summed E-state index contributed by atoms with van der Waals surface area (Å²) >= 11 is 0. The third-order valence-corrected chi connectivity index (χ3v) is 3.70. The number of aromatic amines is 1. The highest BCUT2D eigenvalue weighted by Crippen LogP contribution is 2.25. The van der Waals surface area contributed by atoms with Crippen LogP contribution in [0.5, 0.6) is 0 Å². The van der Waals surface area contributed by atoms with Crippen LogP contribution in [0.25, 0.3) is 0 Å². The highest BCUT2D eigenvalue weighted by atomic mass is 16.5. The molecule has 112 valence electrons. The fourth-order valence-electron chi connectivity index (χ4n) is 2.56. The number of nitrogens with one attached hydrogen (secondary N) is 1. The summed E-state index contributed by atoms with van der Waals surface area (Å²) in [6, 6.07) is 1.98. The fraction of sp³-hybridized carbons (Fsp3) is 0.714. The summed E-state index contributed by atoms with van der Waals surface area (Å²) in [5.41, 5.74) is 1.11. The van der Waals surface area contributed by atoms with Crippen LogP contribution in [0.4, 0.5) is 0 Å². The molecule has 2 atom stereocenters. The number of carbonyl (C=O) groups is 1. The van der Waals surface area contributed by atoms with Gasteiger partial charge in [0.05, 0.1) is 13.2 Å². The number of ether oxygens (including phenoxy) is 2. The predicted octanol–water partition coefficient (Wildman–Crippen LogP) is 1.17. The Bertz CT molecular complexity index is 408. The molecule has 6 heteroatoms. The van der Waals surface area contributed by atoms with Crippen LogP contribution in [0.2, 0.25) is 0 Å². The number of methoxy groups -OCH3 is 1. The summed E-state index contributed by atoms with van der Waals surface area (Å²) < 4.78 is 10.4. The van der Waals surface area contributed by atoms with E-state index in [0.29, 0.717) is 19.1 Å². The van der Waals surface area contributed by atoms with Crippen LogP contribution in [0.3, 0.4) is 0 Å². The second-order valence-electron chi connectivity index (χ2n) is 5.14. The second-order valence-corrected chi connectivity index (χ2v) is 5.14. The van der Waals surface area contributed by atoms with E-state index in [2.05, 4.69) is 10.2 Å². The van der Waals surface area contributed by atoms with E-state index in [9.17, 15) is 4.79 Å². The Morgan fingerprint density at radius 3 is 3.15 bits per heavy atom. The van der Waals surface area contributed by atoms with E-state index in [0.717, 1.165) is 31.6 Å². The number of hydrogen-bond acceptors (Lipinski definition) is 4. The first kappa shape index (κ1) is 15.0. The lowest BCUT2D eigenvalue weighted by atomic mass is 9.94. The van der Waals surface area contributed by atoms with Crippen LogP contribution in [0.15, 0.2) is 12.3 Å². The Kier molecular flexibility index (Phi) is 5.55. The molecule has 1 aromatic heterocycles. The zero-order chi connectivity index (χ0) is 14.4. The van der Waals surface area contributed by atoms with Crippen molar-refractivity contribution >= 4 is 5.91 Å². The van der Waals surface area contributed by atoms with Gasteiger partial charge in [0.1, 0.15) is 6.10 Å². The SMILES string of the molecule is COCCO[C@@H](C)C(=O)N1CCC[C@H](c2ccn[nH]2)C1. The van der Waals surface area contributed by atoms with Gasteiger partial charge >= 0.3 is 0 Å². The van der Waals surface area contributed by atoms with Crippen LogP contribution in [-0.4, -0.2) is 60.5 Å². The van der Waals surface area contributed by atoms with Crippen molar-refractivity contribution in [2.45, 2.75) is 31.8 Å². The number of piperidine rings is 1. The smallest absolute Gasteiger partial charge is 0.251 e. The predicted molar refractivity (Wildman–Crippen MR) is 74.4 cm³/mol. The fourth-order valence-corrected chi connectivity index (χ4v) is 2.56. The van der Waals surface area contributed by atoms with Crippen molar-refractivity contribution in [2.75, 3.05) is 33.4 Å². The Hall–Kier alpha value is -1.40. The molecule has 20 heavy (non-hydrogen) atoms. The zero-order valence-corrected chi connectivity index (χ0v) is 12.2. The molecule has 0 aliphatic carbocycles. The van der Waals surface area contributed by atoms with Crippen molar-refractivity contribution in [2.24, 2.45) is 0 Å². The van der Waals surface area contributed by atoms with Crippen molar-refractivity contribution in [1.29, 1.82) is 0 Å². The lowest BCUT2D eigenvalue weighted by molar-refractivity contribution is -0.144. The first-order valence-corrected chi connectivity index (χ1v) is 7.11. The molecule has 1 aliphatic rings. The molecule has 2 heterocycles. The number of amides is 1. The first-order chi connectivity index (χ1) is 9.72. The third kappa shape index (κ3) is 3.80. The summed E-state index contributed by atoms with van der Waals surface area (Å²) in [5.74, 6) is 0.409. The van der Waals surface area contributed by atoms with Crippen molar-refractivity contribution in [3.63, 3.8) is 0 Å². The molecule has 0 spiro atoms. The summed E-state index contributed by atoms with van der Waals surface area (Å²) in [4.78, 5) is 14.2. The highest BCUT2D eigenvalue weighted by molar-refractivity contribution is 5.80. The molecule has 1 saturated heterocycles. The number of likely N-dealkylation sites (tertiary alicyclic amines) is 1. The van der Waals surface area contributed by atoms with E-state index in [4.69, 9.17) is 9.47 Å². The molecule has 1 fully saturated rings. The molecule has 0 saturated carbocycles. The third-order valence-electron chi connectivity index (χ3n) is 3.70. The molecule has 0 bridgehead atoms. The normalized spacial score (nSPS) is 20.9. The van der Waals surface area contributed by atoms with Crippen molar-refractivity contribution in [3.8, 4) is 0 Å². The maximum atomic E-state index is 12.3. The van der Waals surface area contributed by atoms with Crippen LogP contribution in [-0.2, 0) is 14.3 Å². The molecule has 0 unspecified atom stereocenters. The van der Waals surface area contributed by atoms with Crippen molar-refractivity contribution < 1.29 is 14.3 Å². The van der Waals surface area contributed by atoms with Gasteiger partial charge in [0.25, 0.3) is 5.91 Å². The van der Waals surface area contributed by atoms with Gasteiger partial charge in [-0.25, -0.2) is 0 Å². The molecule has 1 amide bonds. The van der Waals surface area contributed by atoms with Gasteiger partial charge in [0, 0.05) is 38.0 Å². The molecule has 1 aliphatic heterocycles. The summed E-state index contributed by atoms with van der Waals surface area (Å²) in [5, 5.41) is 6.99. The Labute approximate surface area is 119 Å². The number of nitrogens with zero attached hydrogens (tertiary/aromatic N) is 2. The second kappa shape index (κ2) is 7.40. The monoisotopic (exact) mass is 281 g/mol. The minimum Gasteiger partial charge on any atom is -0.382 e. The molecule has 6 nitrogen and oxygen atoms in total. The van der Waals surface area contributed by atoms with Gasteiger partial charge in [0.2, 0.25) is 0 Å². The quantitative estimate of drug-likeness (QED) is 0.795. The largest absolute Gasteiger partial charge is 0.382 e. The van der Waals surface area contributed by atoms with E-state index in [-0.39, 0.29) is 5.91 Å². The van der Waals surface area contributed by atoms with Gasteiger partial charge in [-0.2, -0.15) is 5.10 Å². The molecule has 1 N–H and O–H groups in total. The van der Waals surface area contributed by atoms with Gasteiger partial charge in [-0.05, 0) is 25.8 Å². The van der Waals surface area contributed by atoms with E-state index in [1.165, 1.54) is 0 Å². The molecule has 0 aromatic carbocycles. The Morgan fingerprint density at radius 1 is 1.60 bits per heavy atom. The molecule has 0 radical (unpaired) electrons. The van der Waals surface area contributed by atoms with Crippen molar-refractivity contribution in [1.82, 2.24) is 15.1 Å². The summed E-state index contributed by atoms with van der Waals surface area (Å²) in [6.07, 6.45) is 3.45. The molecular formula is C14H23N3O3. The number of H-pyrrole nitrogens is 1. The summed E-state index contributed by atoms with van der Waals surface area (Å²) in [7, 11) is 1.62. The number of carbonyl (C=O) groups excluding carboxylic acids is 1. The molecule has 1 aromatic rings. The van der Waals surface area contributed by atoms with Gasteiger partial charge < -0.3 is 14.4 Å². The standard InChI is InChI=1S/C14H23N3O3/c1-11(20-9-8-19-2)14(18)17-7-3-4-12(10-17)13-5-6-15-16-13/h5-6,11-12H,3-4,7-10H2,1-2H3,(H,15,16)/t11-,12-/m0/s1. The average molecular weight is 281 g/mol. The minimum absolute atomic E-state index is 0.0605. The average Bonchev–Trinajstić information content (AvgIpc) is 3.01. The summed E-state index contributed by atoms with van der Waals surface area (Å²) in [6.45, 7) is 4.30. The van der Waals surface area contributed by atoms with Crippen LogP contribution in [0.1, 0.15) is 31.4 Å². The Morgan fingerprint density at radius 2 is 2.45 bits per heavy atom. The number of hydrogen-bond donors (Lipinski definition) is 1.